The molecular weight excluding hydrogens is 463 g/mol. The molecule has 172 valence electrons. The van der Waals surface area contributed by atoms with Gasteiger partial charge in [0, 0.05) is 17.5 Å². The summed E-state index contributed by atoms with van der Waals surface area (Å²) in [6.07, 6.45) is -1.30. The maximum Gasteiger partial charge on any atom is 0.416 e. The summed E-state index contributed by atoms with van der Waals surface area (Å²) in [5.74, 6) is 1.96. The molecule has 0 atom stereocenters. The number of anilines is 2. The van der Waals surface area contributed by atoms with Crippen molar-refractivity contribution in [1.29, 1.82) is 0 Å². The standard InChI is InChI=1S/C21H17ClF3N5O3/c1-31-15-7-12(8-16(32-2)18(15)33-3)30-9-17(26-10-30)28-19-13-5-4-11(21(23,24)25)6-14(13)27-20(22)29-19/h4-10H,1-3H3,(H,27,28,29). The van der Waals surface area contributed by atoms with Gasteiger partial charge >= 0.3 is 6.18 Å². The van der Waals surface area contributed by atoms with Crippen molar-refractivity contribution < 1.29 is 27.4 Å². The average Bonchev–Trinajstić information content (AvgIpc) is 3.25. The normalized spacial score (nSPS) is 11.5. The van der Waals surface area contributed by atoms with Crippen LogP contribution >= 0.6 is 11.6 Å². The predicted molar refractivity (Wildman–Crippen MR) is 116 cm³/mol. The van der Waals surface area contributed by atoms with Crippen molar-refractivity contribution in [3.8, 4) is 22.9 Å². The molecule has 8 nitrogen and oxygen atoms in total. The number of alkyl halides is 3. The summed E-state index contributed by atoms with van der Waals surface area (Å²) in [6, 6.07) is 6.64. The van der Waals surface area contributed by atoms with E-state index in [9.17, 15) is 13.2 Å². The highest BCUT2D eigenvalue weighted by molar-refractivity contribution is 6.28. The quantitative estimate of drug-likeness (QED) is 0.378. The first-order chi connectivity index (χ1) is 15.7. The first-order valence-corrected chi connectivity index (χ1v) is 9.77. The summed E-state index contributed by atoms with van der Waals surface area (Å²) in [6.45, 7) is 0. The molecule has 0 aliphatic rings. The van der Waals surface area contributed by atoms with Gasteiger partial charge in [-0.15, -0.1) is 0 Å². The average molecular weight is 480 g/mol. The van der Waals surface area contributed by atoms with Gasteiger partial charge in [0.1, 0.15) is 18.0 Å². The minimum Gasteiger partial charge on any atom is -0.493 e. The number of hydrogen-bond acceptors (Lipinski definition) is 7. The lowest BCUT2D eigenvalue weighted by molar-refractivity contribution is -0.137. The lowest BCUT2D eigenvalue weighted by atomic mass is 10.1. The van der Waals surface area contributed by atoms with Gasteiger partial charge in [-0.25, -0.2) is 9.97 Å². The van der Waals surface area contributed by atoms with Gasteiger partial charge in [0.25, 0.3) is 0 Å². The molecular formula is C21H17ClF3N5O3. The van der Waals surface area contributed by atoms with Gasteiger partial charge in [0.2, 0.25) is 11.0 Å². The van der Waals surface area contributed by atoms with Crippen LogP contribution in [0.15, 0.2) is 42.9 Å². The van der Waals surface area contributed by atoms with Crippen LogP contribution in [-0.2, 0) is 6.18 Å². The maximum atomic E-state index is 13.1. The second kappa shape index (κ2) is 8.66. The molecule has 12 heteroatoms. The van der Waals surface area contributed by atoms with Crippen molar-refractivity contribution in [1.82, 2.24) is 19.5 Å². The largest absolute Gasteiger partial charge is 0.493 e. The van der Waals surface area contributed by atoms with Crippen LogP contribution in [0.3, 0.4) is 0 Å². The van der Waals surface area contributed by atoms with Crippen LogP contribution in [0, 0.1) is 0 Å². The van der Waals surface area contributed by atoms with E-state index in [4.69, 9.17) is 25.8 Å². The Labute approximate surface area is 190 Å². The molecule has 0 spiro atoms. The molecule has 2 heterocycles. The van der Waals surface area contributed by atoms with E-state index in [-0.39, 0.29) is 16.6 Å². The van der Waals surface area contributed by atoms with E-state index in [0.29, 0.717) is 34.1 Å². The summed E-state index contributed by atoms with van der Waals surface area (Å²) in [4.78, 5) is 12.3. The Hall–Kier alpha value is -3.73. The fraction of sp³-hybridized carbons (Fsp3) is 0.190. The van der Waals surface area contributed by atoms with E-state index >= 15 is 0 Å². The van der Waals surface area contributed by atoms with Crippen LogP contribution < -0.4 is 19.5 Å². The molecule has 2 aromatic heterocycles. The molecule has 4 rings (SSSR count). The van der Waals surface area contributed by atoms with Crippen LogP contribution in [0.2, 0.25) is 5.28 Å². The van der Waals surface area contributed by atoms with E-state index in [0.717, 1.165) is 12.1 Å². The van der Waals surface area contributed by atoms with Gasteiger partial charge in [-0.05, 0) is 29.8 Å². The highest BCUT2D eigenvalue weighted by Gasteiger charge is 2.31. The number of rotatable bonds is 6. The van der Waals surface area contributed by atoms with Gasteiger partial charge in [-0.1, -0.05) is 0 Å². The number of ether oxygens (including phenoxy) is 3. The molecule has 2 aromatic carbocycles. The van der Waals surface area contributed by atoms with Crippen molar-refractivity contribution in [2.45, 2.75) is 6.18 Å². The Kier molecular flexibility index (Phi) is 5.90. The van der Waals surface area contributed by atoms with Crippen LogP contribution in [-0.4, -0.2) is 40.8 Å². The zero-order chi connectivity index (χ0) is 23.8. The van der Waals surface area contributed by atoms with Crippen molar-refractivity contribution in [3.05, 3.63) is 53.7 Å². The molecule has 0 amide bonds. The van der Waals surface area contributed by atoms with Gasteiger partial charge in [-0.2, -0.15) is 18.2 Å². The lowest BCUT2D eigenvalue weighted by Gasteiger charge is -2.14. The first kappa shape index (κ1) is 22.5. The fourth-order valence-electron chi connectivity index (χ4n) is 3.24. The minimum atomic E-state index is -4.50. The Balaban J connectivity index is 1.70. The number of hydrogen-bond donors (Lipinski definition) is 1. The van der Waals surface area contributed by atoms with Crippen molar-refractivity contribution >= 4 is 34.1 Å². The minimum absolute atomic E-state index is 0.0522. The second-order valence-corrected chi connectivity index (χ2v) is 7.08. The molecule has 33 heavy (non-hydrogen) atoms. The highest BCUT2D eigenvalue weighted by atomic mass is 35.5. The molecule has 4 aromatic rings. The van der Waals surface area contributed by atoms with Crippen LogP contribution in [0.4, 0.5) is 24.8 Å². The third-order valence-corrected chi connectivity index (χ3v) is 4.94. The monoisotopic (exact) mass is 479 g/mol. The third kappa shape index (κ3) is 4.44. The Morgan fingerprint density at radius 1 is 0.970 bits per heavy atom. The molecule has 0 saturated heterocycles. The highest BCUT2D eigenvalue weighted by Crippen LogP contribution is 2.39. The first-order valence-electron chi connectivity index (χ1n) is 9.39. The van der Waals surface area contributed by atoms with E-state index < -0.39 is 11.7 Å². The van der Waals surface area contributed by atoms with Gasteiger partial charge in [-0.3, -0.25) is 0 Å². The van der Waals surface area contributed by atoms with E-state index in [1.165, 1.54) is 33.7 Å². The Morgan fingerprint density at radius 2 is 1.67 bits per heavy atom. The molecule has 0 unspecified atom stereocenters. The Morgan fingerprint density at radius 3 is 2.27 bits per heavy atom. The van der Waals surface area contributed by atoms with Gasteiger partial charge in [0.15, 0.2) is 11.5 Å². The molecule has 0 aliphatic carbocycles. The molecule has 1 N–H and O–H groups in total. The summed E-state index contributed by atoms with van der Waals surface area (Å²) >= 11 is 5.94. The number of methoxy groups -OCH3 is 3. The number of halogens is 4. The SMILES string of the molecule is COc1cc(-n2cnc(Nc3nc(Cl)nc4cc(C(F)(F)F)ccc34)c2)cc(OC)c1OC. The fourth-order valence-corrected chi connectivity index (χ4v) is 3.41. The number of nitrogens with zero attached hydrogens (tertiary/aromatic N) is 4. The Bertz CT molecular complexity index is 1300. The number of aromatic nitrogens is 4. The summed E-state index contributed by atoms with van der Waals surface area (Å²) in [5, 5.41) is 3.14. The number of fused-ring (bicyclic) bond motifs is 1. The lowest BCUT2D eigenvalue weighted by Crippen LogP contribution is -2.05. The molecule has 0 fully saturated rings. The van der Waals surface area contributed by atoms with Crippen LogP contribution in [0.1, 0.15) is 5.56 Å². The molecule has 0 radical (unpaired) electrons. The zero-order valence-corrected chi connectivity index (χ0v) is 18.3. The van der Waals surface area contributed by atoms with Gasteiger partial charge < -0.3 is 24.1 Å². The van der Waals surface area contributed by atoms with Crippen molar-refractivity contribution in [2.24, 2.45) is 0 Å². The summed E-state index contributed by atoms with van der Waals surface area (Å²) < 4.78 is 56.9. The van der Waals surface area contributed by atoms with E-state index in [2.05, 4.69) is 20.3 Å². The van der Waals surface area contributed by atoms with Crippen LogP contribution in [0.25, 0.3) is 16.6 Å². The molecule has 0 aliphatic heterocycles. The summed E-state index contributed by atoms with van der Waals surface area (Å²) in [7, 11) is 4.53. The van der Waals surface area contributed by atoms with Crippen molar-refractivity contribution in [3.63, 3.8) is 0 Å². The predicted octanol–water partition coefficient (Wildman–Crippen LogP) is 5.26. The summed E-state index contributed by atoms with van der Waals surface area (Å²) in [5.41, 5.74) is -0.107. The van der Waals surface area contributed by atoms with Crippen molar-refractivity contribution in [2.75, 3.05) is 26.6 Å². The second-order valence-electron chi connectivity index (χ2n) is 6.75. The van der Waals surface area contributed by atoms with Crippen LogP contribution in [0.5, 0.6) is 17.2 Å². The maximum absolute atomic E-state index is 13.1. The number of imidazole rings is 1. The molecule has 0 saturated carbocycles. The topological polar surface area (TPSA) is 83.3 Å². The number of benzene rings is 2. The smallest absolute Gasteiger partial charge is 0.416 e. The van der Waals surface area contributed by atoms with E-state index in [1.54, 1.807) is 22.9 Å². The molecule has 0 bridgehead atoms. The zero-order valence-electron chi connectivity index (χ0n) is 17.6. The van der Waals surface area contributed by atoms with Gasteiger partial charge in [0.05, 0.1) is 44.3 Å². The number of nitrogens with one attached hydrogen (secondary N) is 1. The van der Waals surface area contributed by atoms with E-state index in [1.807, 2.05) is 0 Å². The third-order valence-electron chi connectivity index (χ3n) is 4.77.